The summed E-state index contributed by atoms with van der Waals surface area (Å²) in [6.45, 7) is 7.66. The Hall–Kier alpha value is -3.98. The molecule has 7 nitrogen and oxygen atoms in total. The summed E-state index contributed by atoms with van der Waals surface area (Å²) in [6, 6.07) is -0.623. The van der Waals surface area contributed by atoms with Crippen LogP contribution in [0.15, 0.2) is 35.3 Å². The Morgan fingerprint density at radius 2 is 1.53 bits per heavy atom. The Morgan fingerprint density at radius 1 is 0.941 bits per heavy atom. The van der Waals surface area contributed by atoms with Crippen molar-refractivity contribution in [1.29, 1.82) is 0 Å². The number of nitrogens with zero attached hydrogens (tertiary/aromatic N) is 2. The van der Waals surface area contributed by atoms with Crippen LogP contribution in [0.4, 0.5) is 35.1 Å². The van der Waals surface area contributed by atoms with Gasteiger partial charge in [-0.1, -0.05) is 25.4 Å². The van der Waals surface area contributed by atoms with Gasteiger partial charge in [-0.15, -0.1) is 0 Å². The number of carboxylic acid groups (broad SMARTS) is 1. The molecule has 2 atom stereocenters. The summed E-state index contributed by atoms with van der Waals surface area (Å²) >= 11 is 6.05. The molecule has 2 aromatic carbocycles. The minimum Gasteiger partial charge on any atom is -0.481 e. The Bertz CT molecular complexity index is 1850. The fourth-order valence-electron chi connectivity index (χ4n) is 6.33. The lowest BCUT2D eigenvalue weighted by atomic mass is 9.89. The van der Waals surface area contributed by atoms with Crippen molar-refractivity contribution in [1.82, 2.24) is 14.8 Å². The summed E-state index contributed by atoms with van der Waals surface area (Å²) in [5.41, 5.74) is -6.46. The Morgan fingerprint density at radius 3 is 2.02 bits per heavy atom. The minimum atomic E-state index is -5.40. The highest BCUT2D eigenvalue weighted by molar-refractivity contribution is 6.30. The molecular weight excluding hydrogens is 714 g/mol. The number of halogens is 9. The van der Waals surface area contributed by atoms with Gasteiger partial charge in [0.25, 0.3) is 5.56 Å². The zero-order chi connectivity index (χ0) is 38.2. The summed E-state index contributed by atoms with van der Waals surface area (Å²) in [6.07, 6.45) is -10.2. The van der Waals surface area contributed by atoms with E-state index >= 15 is 8.78 Å². The van der Waals surface area contributed by atoms with E-state index in [1.807, 2.05) is 4.90 Å². The van der Waals surface area contributed by atoms with Crippen molar-refractivity contribution in [2.75, 3.05) is 19.6 Å². The van der Waals surface area contributed by atoms with Crippen LogP contribution >= 0.6 is 11.6 Å². The summed E-state index contributed by atoms with van der Waals surface area (Å²) in [5, 5.41) is 12.0. The van der Waals surface area contributed by atoms with E-state index in [-0.39, 0.29) is 52.7 Å². The van der Waals surface area contributed by atoms with Gasteiger partial charge in [0.15, 0.2) is 0 Å². The van der Waals surface area contributed by atoms with Crippen LogP contribution in [-0.4, -0.2) is 46.1 Å². The number of nitrogens with one attached hydrogen (secondary N) is 1. The van der Waals surface area contributed by atoms with Gasteiger partial charge in [0.2, 0.25) is 5.91 Å². The number of pyridine rings is 1. The average Bonchev–Trinajstić information content (AvgIpc) is 2.94. The van der Waals surface area contributed by atoms with Crippen molar-refractivity contribution >= 4 is 23.5 Å². The van der Waals surface area contributed by atoms with Crippen molar-refractivity contribution in [2.45, 2.75) is 77.8 Å². The number of rotatable bonds is 12. The third-order valence-electron chi connectivity index (χ3n) is 8.80. The van der Waals surface area contributed by atoms with Crippen LogP contribution in [-0.2, 0) is 28.4 Å². The van der Waals surface area contributed by atoms with Gasteiger partial charge in [0, 0.05) is 35.0 Å². The van der Waals surface area contributed by atoms with E-state index in [1.165, 1.54) is 26.0 Å². The SMILES string of the molecule is Cc1cc(Cl)cc(C)c1-c1cc(C(F)(F)F)c(F)c(C(CC(=O)O)NC(=O)C(CC(C)C)n2cc(CCN3CCC3)c(C(F)(F)F)cc2=O)c1F. The first kappa shape index (κ1) is 39.8. The molecule has 3 aromatic rings. The Kier molecular flexibility index (Phi) is 12.0. The second-order valence-corrected chi connectivity index (χ2v) is 13.6. The van der Waals surface area contributed by atoms with E-state index in [9.17, 15) is 45.8 Å². The molecule has 1 aliphatic heterocycles. The van der Waals surface area contributed by atoms with Crippen molar-refractivity contribution < 1.29 is 49.8 Å². The van der Waals surface area contributed by atoms with Gasteiger partial charge in [0.1, 0.15) is 17.7 Å². The highest BCUT2D eigenvalue weighted by Crippen LogP contribution is 2.42. The molecule has 0 radical (unpaired) electrons. The molecule has 4 rings (SSSR count). The van der Waals surface area contributed by atoms with Crippen molar-refractivity contribution in [3.63, 3.8) is 0 Å². The zero-order valence-electron chi connectivity index (χ0n) is 28.0. The molecule has 1 aliphatic rings. The second-order valence-electron chi connectivity index (χ2n) is 13.1. The normalized spacial score (nSPS) is 15.1. The molecule has 1 amide bonds. The van der Waals surface area contributed by atoms with Gasteiger partial charge in [-0.05, 0) is 92.6 Å². The van der Waals surface area contributed by atoms with E-state index in [0.717, 1.165) is 17.2 Å². The molecule has 51 heavy (non-hydrogen) atoms. The number of amides is 1. The third kappa shape index (κ3) is 9.09. The van der Waals surface area contributed by atoms with Crippen LogP contribution in [0.3, 0.4) is 0 Å². The number of benzene rings is 2. The third-order valence-corrected chi connectivity index (χ3v) is 9.02. The molecular formula is C35H36ClF8N3O4. The summed E-state index contributed by atoms with van der Waals surface area (Å²) < 4.78 is 118. The molecule has 278 valence electrons. The molecule has 0 saturated carbocycles. The predicted octanol–water partition coefficient (Wildman–Crippen LogP) is 8.27. The maximum atomic E-state index is 16.4. The standard InChI is InChI=1S/C35H36ClF8N3O4/c1-17(2)10-26(47-16-20(6-9-46-7-5-8-46)23(14-27(47)48)34(39,40)41)33(51)45-25(15-28(49)50)30-31(37)22(13-24(32(30)38)35(42,43)44)29-18(3)11-21(36)12-19(29)4/h11-14,16-17,25-26H,5-10,15H2,1-4H3,(H,45,51)(H,49,50). The van der Waals surface area contributed by atoms with E-state index in [0.29, 0.717) is 19.2 Å². The number of carboxylic acids is 1. The first-order valence-corrected chi connectivity index (χ1v) is 16.4. The number of hydrogen-bond donors (Lipinski definition) is 2. The van der Waals surface area contributed by atoms with E-state index in [2.05, 4.69) is 5.32 Å². The van der Waals surface area contributed by atoms with Crippen LogP contribution < -0.4 is 10.9 Å². The van der Waals surface area contributed by atoms with Crippen molar-refractivity contribution in [3.05, 3.63) is 90.9 Å². The highest BCUT2D eigenvalue weighted by Gasteiger charge is 2.41. The smallest absolute Gasteiger partial charge is 0.419 e. The maximum Gasteiger partial charge on any atom is 0.419 e. The summed E-state index contributed by atoms with van der Waals surface area (Å²) in [5.74, 6) is -7.16. The Labute approximate surface area is 293 Å². The van der Waals surface area contributed by atoms with Crippen LogP contribution in [0.1, 0.15) is 78.6 Å². The Balaban J connectivity index is 1.88. The lowest BCUT2D eigenvalue weighted by molar-refractivity contribution is -0.140. The lowest BCUT2D eigenvalue weighted by Crippen LogP contribution is -2.41. The van der Waals surface area contributed by atoms with Crippen molar-refractivity contribution in [2.24, 2.45) is 5.92 Å². The topological polar surface area (TPSA) is 91.6 Å². The van der Waals surface area contributed by atoms with Gasteiger partial charge in [0.05, 0.1) is 23.6 Å². The fraction of sp³-hybridized carbons (Fsp3) is 0.457. The molecule has 1 saturated heterocycles. The fourth-order valence-corrected chi connectivity index (χ4v) is 6.66. The van der Waals surface area contributed by atoms with Crippen LogP contribution in [0.25, 0.3) is 11.1 Å². The maximum absolute atomic E-state index is 16.4. The number of carbonyl (C=O) groups is 2. The largest absolute Gasteiger partial charge is 0.481 e. The molecule has 1 aromatic heterocycles. The number of carbonyl (C=O) groups excluding carboxylic acids is 1. The van der Waals surface area contributed by atoms with Crippen LogP contribution in [0, 0.1) is 31.4 Å². The molecule has 0 bridgehead atoms. The molecule has 1 fully saturated rings. The number of hydrogen-bond acceptors (Lipinski definition) is 4. The van der Waals surface area contributed by atoms with Gasteiger partial charge in [-0.2, -0.15) is 26.3 Å². The van der Waals surface area contributed by atoms with Crippen LogP contribution in [0.2, 0.25) is 5.02 Å². The predicted molar refractivity (Wildman–Crippen MR) is 173 cm³/mol. The van der Waals surface area contributed by atoms with Gasteiger partial charge < -0.3 is 19.9 Å². The molecule has 2 unspecified atom stereocenters. The summed E-state index contributed by atoms with van der Waals surface area (Å²) in [7, 11) is 0. The van der Waals surface area contributed by atoms with Gasteiger partial charge in [-0.3, -0.25) is 14.4 Å². The molecule has 16 heteroatoms. The lowest BCUT2D eigenvalue weighted by Gasteiger charge is -2.31. The highest BCUT2D eigenvalue weighted by atomic mass is 35.5. The molecule has 2 heterocycles. The minimum absolute atomic E-state index is 0.0798. The van der Waals surface area contributed by atoms with Crippen molar-refractivity contribution in [3.8, 4) is 11.1 Å². The molecule has 0 spiro atoms. The second kappa shape index (κ2) is 15.3. The first-order chi connectivity index (χ1) is 23.6. The molecule has 2 N–H and O–H groups in total. The van der Waals surface area contributed by atoms with E-state index < -0.39 is 88.1 Å². The zero-order valence-corrected chi connectivity index (χ0v) is 28.8. The average molecular weight is 750 g/mol. The van der Waals surface area contributed by atoms with E-state index in [4.69, 9.17) is 11.6 Å². The number of aromatic nitrogens is 1. The quantitative estimate of drug-likeness (QED) is 0.182. The number of aliphatic carboxylic acids is 1. The van der Waals surface area contributed by atoms with Crippen LogP contribution in [0.5, 0.6) is 0 Å². The first-order valence-electron chi connectivity index (χ1n) is 16.0. The number of aryl methyl sites for hydroxylation is 2. The number of likely N-dealkylation sites (tertiary alicyclic amines) is 1. The monoisotopic (exact) mass is 749 g/mol. The van der Waals surface area contributed by atoms with Gasteiger partial charge in [-0.25, -0.2) is 8.78 Å². The molecule has 0 aliphatic carbocycles. The summed E-state index contributed by atoms with van der Waals surface area (Å²) in [4.78, 5) is 41.0. The van der Waals surface area contributed by atoms with Gasteiger partial charge >= 0.3 is 18.3 Å². The van der Waals surface area contributed by atoms with E-state index in [1.54, 1.807) is 13.8 Å². The number of alkyl halides is 6.